The quantitative estimate of drug-likeness (QED) is 0.659. The maximum absolute atomic E-state index is 12.1. The summed E-state index contributed by atoms with van der Waals surface area (Å²) >= 11 is 3.49. The first-order valence-corrected chi connectivity index (χ1v) is 10.4. The van der Waals surface area contributed by atoms with Gasteiger partial charge in [-0.15, -0.1) is 0 Å². The molecule has 3 aliphatic carbocycles. The zero-order chi connectivity index (χ0) is 21.4. The molecular formula is C21H26BrNO6. The van der Waals surface area contributed by atoms with Gasteiger partial charge in [-0.2, -0.15) is 0 Å². The number of ether oxygens (including phenoxy) is 4. The predicted molar refractivity (Wildman–Crippen MR) is 108 cm³/mol. The van der Waals surface area contributed by atoms with Crippen LogP contribution in [0.2, 0.25) is 0 Å². The maximum Gasteiger partial charge on any atom is 0.408 e. The zero-order valence-electron chi connectivity index (χ0n) is 17.5. The smallest absolute Gasteiger partial charge is 0.408 e. The lowest BCUT2D eigenvalue weighted by atomic mass is 9.36. The summed E-state index contributed by atoms with van der Waals surface area (Å²) in [5, 5.41) is 3.01. The van der Waals surface area contributed by atoms with Gasteiger partial charge in [0.05, 0.1) is 22.6 Å². The van der Waals surface area contributed by atoms with Crippen molar-refractivity contribution in [1.29, 1.82) is 0 Å². The number of benzene rings is 1. The van der Waals surface area contributed by atoms with Gasteiger partial charge < -0.3 is 24.3 Å². The number of halogens is 1. The van der Waals surface area contributed by atoms with Crippen molar-refractivity contribution in [3.8, 4) is 11.5 Å². The summed E-state index contributed by atoms with van der Waals surface area (Å²) < 4.78 is 23.5. The maximum atomic E-state index is 12.1. The van der Waals surface area contributed by atoms with Crippen LogP contribution in [0.3, 0.4) is 0 Å². The average molecular weight is 468 g/mol. The van der Waals surface area contributed by atoms with Crippen molar-refractivity contribution in [2.45, 2.75) is 70.8 Å². The summed E-state index contributed by atoms with van der Waals surface area (Å²) in [6.45, 7) is 9.28. The summed E-state index contributed by atoms with van der Waals surface area (Å²) in [4.78, 5) is 24.2. The van der Waals surface area contributed by atoms with Gasteiger partial charge in [-0.25, -0.2) is 9.59 Å². The molecule has 8 heteroatoms. The van der Waals surface area contributed by atoms with Crippen molar-refractivity contribution in [3.63, 3.8) is 0 Å². The standard InChI is InChI=1S/C21H26BrNO6/c1-11-12(16(24)26-6)7-13(22)15-14(11)27-19(5,28-15)20-8-21(9-20,10-20)23-17(25)29-18(2,3)4/h7H,8-10H2,1-6H3,(H,23,25). The van der Waals surface area contributed by atoms with Gasteiger partial charge in [0.25, 0.3) is 5.79 Å². The second kappa shape index (κ2) is 6.03. The summed E-state index contributed by atoms with van der Waals surface area (Å²) in [7, 11) is 1.35. The largest absolute Gasteiger partial charge is 0.465 e. The van der Waals surface area contributed by atoms with E-state index in [-0.39, 0.29) is 11.0 Å². The van der Waals surface area contributed by atoms with Crippen LogP contribution in [-0.2, 0) is 9.47 Å². The zero-order valence-corrected chi connectivity index (χ0v) is 19.1. The Labute approximate surface area is 178 Å². The van der Waals surface area contributed by atoms with E-state index in [9.17, 15) is 9.59 Å². The van der Waals surface area contributed by atoms with Crippen LogP contribution in [0.4, 0.5) is 4.79 Å². The number of esters is 1. The Morgan fingerprint density at radius 3 is 2.31 bits per heavy atom. The molecule has 1 amide bonds. The Morgan fingerprint density at radius 2 is 1.76 bits per heavy atom. The lowest BCUT2D eigenvalue weighted by Crippen LogP contribution is -2.82. The summed E-state index contributed by atoms with van der Waals surface area (Å²) in [6.07, 6.45) is 1.87. The molecule has 1 N–H and O–H groups in total. The monoisotopic (exact) mass is 467 g/mol. The summed E-state index contributed by atoms with van der Waals surface area (Å²) in [5.74, 6) is -0.138. The molecule has 1 unspecified atom stereocenters. The van der Waals surface area contributed by atoms with Gasteiger partial charge in [-0.3, -0.25) is 0 Å². The van der Waals surface area contributed by atoms with Gasteiger partial charge in [0.15, 0.2) is 11.5 Å². The first-order chi connectivity index (χ1) is 13.3. The Kier molecular flexibility index (Phi) is 4.22. The van der Waals surface area contributed by atoms with Crippen LogP contribution in [0.15, 0.2) is 10.5 Å². The Hall–Kier alpha value is -1.96. The highest BCUT2D eigenvalue weighted by molar-refractivity contribution is 9.10. The van der Waals surface area contributed by atoms with Crippen LogP contribution < -0.4 is 14.8 Å². The first-order valence-electron chi connectivity index (χ1n) is 9.63. The fraction of sp³-hybridized carbons (Fsp3) is 0.619. The van der Waals surface area contributed by atoms with Crippen LogP contribution in [0.25, 0.3) is 0 Å². The Balaban J connectivity index is 1.50. The van der Waals surface area contributed by atoms with E-state index in [1.165, 1.54) is 7.11 Å². The minimum Gasteiger partial charge on any atom is -0.465 e. The number of carbonyl (C=O) groups is 2. The third-order valence-electron chi connectivity index (χ3n) is 6.20. The molecule has 0 aromatic heterocycles. The van der Waals surface area contributed by atoms with Gasteiger partial charge in [-0.1, -0.05) is 0 Å². The lowest BCUT2D eigenvalue weighted by molar-refractivity contribution is -0.300. The fourth-order valence-corrected chi connectivity index (χ4v) is 5.28. The molecule has 0 saturated heterocycles. The van der Waals surface area contributed by atoms with Crippen molar-refractivity contribution in [2.24, 2.45) is 5.41 Å². The molecule has 7 nitrogen and oxygen atoms in total. The SMILES string of the molecule is COC(=O)c1cc(Br)c2c(c1C)OC(C)(C13CC(NC(=O)OC(C)(C)C)(C1)C3)O2. The van der Waals surface area contributed by atoms with Crippen LogP contribution in [0, 0.1) is 12.3 Å². The van der Waals surface area contributed by atoms with Crippen molar-refractivity contribution >= 4 is 28.0 Å². The van der Waals surface area contributed by atoms with E-state index in [4.69, 9.17) is 18.9 Å². The lowest BCUT2D eigenvalue weighted by Gasteiger charge is -2.73. The number of rotatable bonds is 3. The van der Waals surface area contributed by atoms with Gasteiger partial charge in [0.1, 0.15) is 5.60 Å². The minimum absolute atomic E-state index is 0.196. The number of methoxy groups -OCH3 is 1. The molecule has 1 heterocycles. The number of alkyl carbamates (subject to hydrolysis) is 1. The molecule has 0 radical (unpaired) electrons. The predicted octanol–water partition coefficient (Wildman–Crippen LogP) is 4.48. The van der Waals surface area contributed by atoms with E-state index < -0.39 is 23.5 Å². The molecule has 4 aliphatic rings. The molecule has 29 heavy (non-hydrogen) atoms. The third-order valence-corrected chi connectivity index (χ3v) is 6.79. The van der Waals surface area contributed by atoms with Gasteiger partial charge in [0, 0.05) is 18.0 Å². The molecular weight excluding hydrogens is 442 g/mol. The topological polar surface area (TPSA) is 83.1 Å². The highest BCUT2D eigenvalue weighted by Crippen LogP contribution is 2.74. The summed E-state index contributed by atoms with van der Waals surface area (Å²) in [5.41, 5.74) is 0.144. The highest BCUT2D eigenvalue weighted by atomic mass is 79.9. The molecule has 0 spiro atoms. The van der Waals surface area contributed by atoms with Gasteiger partial charge in [0.2, 0.25) is 0 Å². The highest BCUT2D eigenvalue weighted by Gasteiger charge is 2.78. The van der Waals surface area contributed by atoms with Gasteiger partial charge in [-0.05, 0) is 69.0 Å². The van der Waals surface area contributed by atoms with E-state index in [0.29, 0.717) is 27.1 Å². The Morgan fingerprint density at radius 1 is 1.17 bits per heavy atom. The van der Waals surface area contributed by atoms with Crippen molar-refractivity contribution in [2.75, 3.05) is 7.11 Å². The minimum atomic E-state index is -0.866. The van der Waals surface area contributed by atoms with E-state index in [1.807, 2.05) is 34.6 Å². The van der Waals surface area contributed by atoms with Crippen molar-refractivity contribution in [1.82, 2.24) is 5.32 Å². The van der Waals surface area contributed by atoms with Crippen LogP contribution in [0.1, 0.15) is 62.9 Å². The molecule has 1 atom stereocenters. The number of nitrogens with one attached hydrogen (secondary N) is 1. The number of fused-ring (bicyclic) bond motifs is 1. The number of carbonyl (C=O) groups excluding carboxylic acids is 2. The molecule has 5 rings (SSSR count). The molecule has 158 valence electrons. The summed E-state index contributed by atoms with van der Waals surface area (Å²) in [6, 6.07) is 1.70. The van der Waals surface area contributed by atoms with Crippen LogP contribution in [-0.4, -0.2) is 36.1 Å². The van der Waals surface area contributed by atoms with E-state index >= 15 is 0 Å². The Bertz CT molecular complexity index is 901. The van der Waals surface area contributed by atoms with E-state index in [2.05, 4.69) is 21.2 Å². The molecule has 3 fully saturated rings. The molecule has 1 aromatic rings. The second-order valence-corrected chi connectivity index (χ2v) is 10.4. The fourth-order valence-electron chi connectivity index (χ4n) is 4.79. The second-order valence-electron chi connectivity index (χ2n) is 9.55. The van der Waals surface area contributed by atoms with E-state index in [1.54, 1.807) is 6.07 Å². The van der Waals surface area contributed by atoms with Crippen LogP contribution in [0.5, 0.6) is 11.5 Å². The molecule has 1 aromatic carbocycles. The van der Waals surface area contributed by atoms with E-state index in [0.717, 1.165) is 19.3 Å². The normalized spacial score (nSPS) is 31.4. The van der Waals surface area contributed by atoms with Gasteiger partial charge >= 0.3 is 12.1 Å². The first kappa shape index (κ1) is 20.3. The van der Waals surface area contributed by atoms with Crippen molar-refractivity contribution in [3.05, 3.63) is 21.7 Å². The van der Waals surface area contributed by atoms with Crippen molar-refractivity contribution < 1.29 is 28.5 Å². The number of amides is 1. The number of hydrogen-bond donors (Lipinski definition) is 1. The van der Waals surface area contributed by atoms with Crippen LogP contribution >= 0.6 is 15.9 Å². The third kappa shape index (κ3) is 2.98. The average Bonchev–Trinajstić information content (AvgIpc) is 2.90. The molecule has 1 aliphatic heterocycles. The number of hydrogen-bond acceptors (Lipinski definition) is 6. The molecule has 2 bridgehead atoms. The molecule has 3 saturated carbocycles.